The molecule has 1 aromatic carbocycles. The SMILES string of the molecule is Cc1ccc(NC(=S)N[C@@H]2CC[S+](=O)(O)C2)cc1. The second kappa shape index (κ2) is 5.34. The van der Waals surface area contributed by atoms with Crippen LogP contribution in [-0.2, 0) is 14.4 Å². The first-order valence-corrected chi connectivity index (χ1v) is 8.07. The van der Waals surface area contributed by atoms with E-state index >= 15 is 0 Å². The van der Waals surface area contributed by atoms with Gasteiger partial charge in [-0.1, -0.05) is 21.9 Å². The summed E-state index contributed by atoms with van der Waals surface area (Å²) < 4.78 is 20.8. The van der Waals surface area contributed by atoms with Gasteiger partial charge in [-0.15, -0.1) is 0 Å². The molecule has 1 aliphatic heterocycles. The zero-order valence-electron chi connectivity index (χ0n) is 10.2. The normalized spacial score (nSPS) is 26.9. The van der Waals surface area contributed by atoms with E-state index in [4.69, 9.17) is 12.2 Å². The molecule has 0 amide bonds. The predicted octanol–water partition coefficient (Wildman–Crippen LogP) is 2.03. The Hall–Kier alpha value is -0.980. The molecule has 1 fully saturated rings. The number of hydrogen-bond donors (Lipinski definition) is 3. The first-order valence-electron chi connectivity index (χ1n) is 5.81. The molecule has 2 rings (SSSR count). The molecule has 1 saturated heterocycles. The fourth-order valence-corrected chi connectivity index (χ4v) is 3.89. The Morgan fingerprint density at radius 1 is 1.44 bits per heavy atom. The van der Waals surface area contributed by atoms with Gasteiger partial charge in [-0.25, -0.2) is 0 Å². The van der Waals surface area contributed by atoms with Gasteiger partial charge in [0.1, 0.15) is 5.75 Å². The lowest BCUT2D eigenvalue weighted by Crippen LogP contribution is -2.38. The van der Waals surface area contributed by atoms with Gasteiger partial charge in [-0.2, -0.15) is 4.55 Å². The lowest BCUT2D eigenvalue weighted by Gasteiger charge is -2.13. The van der Waals surface area contributed by atoms with Gasteiger partial charge in [0.15, 0.2) is 10.9 Å². The van der Waals surface area contributed by atoms with Gasteiger partial charge in [0, 0.05) is 12.1 Å². The Morgan fingerprint density at radius 3 is 2.67 bits per heavy atom. The van der Waals surface area contributed by atoms with E-state index < -0.39 is 10.2 Å². The van der Waals surface area contributed by atoms with E-state index in [2.05, 4.69) is 10.6 Å². The summed E-state index contributed by atoms with van der Waals surface area (Å²) in [5.41, 5.74) is 2.11. The molecule has 3 N–H and O–H groups in total. The highest BCUT2D eigenvalue weighted by Crippen LogP contribution is 2.16. The van der Waals surface area contributed by atoms with Crippen LogP contribution in [0.1, 0.15) is 12.0 Å². The number of hydrogen-bond acceptors (Lipinski definition) is 2. The third-order valence-corrected chi connectivity index (χ3v) is 4.91. The van der Waals surface area contributed by atoms with Gasteiger partial charge in [0.2, 0.25) is 10.2 Å². The fraction of sp³-hybridized carbons (Fsp3) is 0.417. The smallest absolute Gasteiger partial charge is 0.216 e. The number of nitrogens with one attached hydrogen (secondary N) is 2. The van der Waals surface area contributed by atoms with Crippen molar-refractivity contribution in [1.29, 1.82) is 0 Å². The van der Waals surface area contributed by atoms with Crippen LogP contribution in [0.25, 0.3) is 0 Å². The Kier molecular flexibility index (Phi) is 3.99. The van der Waals surface area contributed by atoms with E-state index in [1.807, 2.05) is 31.2 Å². The van der Waals surface area contributed by atoms with Crippen LogP contribution in [0.15, 0.2) is 24.3 Å². The third-order valence-electron chi connectivity index (χ3n) is 2.89. The van der Waals surface area contributed by atoms with Gasteiger partial charge in [0.25, 0.3) is 0 Å². The van der Waals surface area contributed by atoms with Crippen molar-refractivity contribution in [3.8, 4) is 0 Å². The van der Waals surface area contributed by atoms with Crippen LogP contribution in [0.3, 0.4) is 0 Å². The number of anilines is 1. The second-order valence-corrected chi connectivity index (χ2v) is 7.29. The monoisotopic (exact) mass is 285 g/mol. The van der Waals surface area contributed by atoms with E-state index in [9.17, 15) is 8.76 Å². The van der Waals surface area contributed by atoms with Crippen molar-refractivity contribution in [2.75, 3.05) is 16.8 Å². The van der Waals surface area contributed by atoms with Crippen molar-refractivity contribution in [3.05, 3.63) is 29.8 Å². The van der Waals surface area contributed by atoms with Crippen LogP contribution in [0.5, 0.6) is 0 Å². The summed E-state index contributed by atoms with van der Waals surface area (Å²) in [5.74, 6) is 0.639. The first-order chi connectivity index (χ1) is 8.44. The van der Waals surface area contributed by atoms with Crippen LogP contribution in [0.4, 0.5) is 5.69 Å². The largest absolute Gasteiger partial charge is 0.355 e. The minimum atomic E-state index is -2.62. The first kappa shape index (κ1) is 13.5. The number of aryl methyl sites for hydroxylation is 1. The van der Waals surface area contributed by atoms with Crippen molar-refractivity contribution < 1.29 is 8.76 Å². The molecule has 1 aliphatic rings. The van der Waals surface area contributed by atoms with Gasteiger partial charge >= 0.3 is 0 Å². The summed E-state index contributed by atoms with van der Waals surface area (Å²) in [6.45, 7) is 2.02. The highest BCUT2D eigenvalue weighted by Gasteiger charge is 2.38. The summed E-state index contributed by atoms with van der Waals surface area (Å²) in [4.78, 5) is 0. The van der Waals surface area contributed by atoms with Crippen LogP contribution in [-0.4, -0.2) is 27.2 Å². The number of thiocarbonyl (C=S) groups is 1. The van der Waals surface area contributed by atoms with Gasteiger partial charge in [-0.05, 0) is 31.3 Å². The molecule has 0 aliphatic carbocycles. The van der Waals surface area contributed by atoms with Gasteiger partial charge < -0.3 is 10.6 Å². The van der Waals surface area contributed by atoms with Gasteiger partial charge in [0.05, 0.1) is 6.04 Å². The summed E-state index contributed by atoms with van der Waals surface area (Å²) >= 11 is 5.18. The molecule has 0 bridgehead atoms. The highest BCUT2D eigenvalue weighted by atomic mass is 32.3. The Balaban J connectivity index is 1.86. The molecule has 0 radical (unpaired) electrons. The van der Waals surface area contributed by atoms with E-state index in [0.717, 1.165) is 5.69 Å². The third kappa shape index (κ3) is 3.76. The topological polar surface area (TPSA) is 61.4 Å². The maximum atomic E-state index is 11.4. The van der Waals surface area contributed by atoms with Crippen molar-refractivity contribution in [2.24, 2.45) is 0 Å². The molecule has 18 heavy (non-hydrogen) atoms. The quantitative estimate of drug-likeness (QED) is 0.573. The molecule has 1 heterocycles. The lowest BCUT2D eigenvalue weighted by atomic mass is 10.2. The fourth-order valence-electron chi connectivity index (χ4n) is 1.91. The van der Waals surface area contributed by atoms with E-state index in [1.54, 1.807) is 0 Å². The van der Waals surface area contributed by atoms with E-state index in [0.29, 0.717) is 17.3 Å². The van der Waals surface area contributed by atoms with E-state index in [-0.39, 0.29) is 11.8 Å². The molecule has 0 spiro atoms. The summed E-state index contributed by atoms with van der Waals surface area (Å²) in [7, 11) is -2.62. The molecular formula is C12H17N2O2S2+. The van der Waals surface area contributed by atoms with E-state index in [1.165, 1.54) is 5.56 Å². The van der Waals surface area contributed by atoms with Crippen molar-refractivity contribution in [2.45, 2.75) is 19.4 Å². The molecule has 0 aromatic heterocycles. The molecule has 6 heteroatoms. The summed E-state index contributed by atoms with van der Waals surface area (Å²) in [6.07, 6.45) is 0.686. The minimum Gasteiger partial charge on any atom is -0.355 e. The Morgan fingerprint density at radius 2 is 2.11 bits per heavy atom. The molecule has 0 saturated carbocycles. The van der Waals surface area contributed by atoms with Crippen LogP contribution >= 0.6 is 12.2 Å². The molecule has 4 nitrogen and oxygen atoms in total. The number of benzene rings is 1. The van der Waals surface area contributed by atoms with Gasteiger partial charge in [-0.3, -0.25) is 0 Å². The van der Waals surface area contributed by atoms with Crippen molar-refractivity contribution >= 4 is 33.2 Å². The molecule has 1 aromatic rings. The maximum Gasteiger partial charge on any atom is 0.216 e. The predicted molar refractivity (Wildman–Crippen MR) is 79.4 cm³/mol. The molecule has 98 valence electrons. The highest BCUT2D eigenvalue weighted by molar-refractivity contribution is 7.98. The zero-order chi connectivity index (χ0) is 13.2. The molecule has 1 unspecified atom stereocenters. The Bertz CT molecular complexity index is 487. The zero-order valence-corrected chi connectivity index (χ0v) is 11.8. The van der Waals surface area contributed by atoms with Crippen molar-refractivity contribution in [1.82, 2.24) is 5.32 Å². The minimum absolute atomic E-state index is 0.00653. The van der Waals surface area contributed by atoms with Crippen molar-refractivity contribution in [3.63, 3.8) is 0 Å². The maximum absolute atomic E-state index is 11.4. The standard InChI is InChI=1S/C12H16N2O2S2/c1-9-2-4-10(5-3-9)13-12(17)14-11-6-7-18(15,16)8-11/h2-5,11H,6-8H2,1H3,(H2-,13,14,15,16,17)/p+1/t11-/m1/s1. The molecular weight excluding hydrogens is 268 g/mol. The number of rotatable bonds is 2. The average Bonchev–Trinajstić information content (AvgIpc) is 2.61. The molecule has 2 atom stereocenters. The Labute approximate surface area is 113 Å². The van der Waals surface area contributed by atoms with Crippen LogP contribution in [0, 0.1) is 6.92 Å². The second-order valence-electron chi connectivity index (χ2n) is 4.59. The van der Waals surface area contributed by atoms with Crippen LogP contribution in [0.2, 0.25) is 0 Å². The lowest BCUT2D eigenvalue weighted by molar-refractivity contribution is 0.502. The summed E-state index contributed by atoms with van der Waals surface area (Å²) in [5, 5.41) is 6.65. The summed E-state index contributed by atoms with van der Waals surface area (Å²) in [6, 6.07) is 7.90. The van der Waals surface area contributed by atoms with Crippen LogP contribution < -0.4 is 10.6 Å². The average molecular weight is 285 g/mol.